The molecule has 1 heterocycles. The Morgan fingerprint density at radius 2 is 1.77 bits per heavy atom. The van der Waals surface area contributed by atoms with Crippen LogP contribution < -0.4 is 14.4 Å². The highest BCUT2D eigenvalue weighted by molar-refractivity contribution is 7.98. The smallest absolute Gasteiger partial charge is 0.344 e. The summed E-state index contributed by atoms with van der Waals surface area (Å²) in [6, 6.07) is 22.2. The maximum atomic E-state index is 15.0. The van der Waals surface area contributed by atoms with Crippen molar-refractivity contribution in [3.05, 3.63) is 72.3 Å². The number of carbonyl (C=O) groups is 1. The summed E-state index contributed by atoms with van der Waals surface area (Å²) in [6.07, 6.45) is 5.77. The van der Waals surface area contributed by atoms with Gasteiger partial charge in [-0.1, -0.05) is 57.0 Å². The van der Waals surface area contributed by atoms with Gasteiger partial charge in [-0.2, -0.15) is 0 Å². The van der Waals surface area contributed by atoms with Crippen LogP contribution in [0, 0.1) is 0 Å². The van der Waals surface area contributed by atoms with Crippen LogP contribution >= 0.6 is 11.8 Å². The monoisotopic (exact) mass is 638 g/mol. The molecule has 44 heavy (non-hydrogen) atoms. The highest BCUT2D eigenvalue weighted by Crippen LogP contribution is 2.47. The number of ether oxygens (including phenoxy) is 3. The van der Waals surface area contributed by atoms with Crippen molar-refractivity contribution in [2.45, 2.75) is 87.8 Å². The van der Waals surface area contributed by atoms with Gasteiger partial charge in [-0.15, -0.1) is 16.1 Å². The highest BCUT2D eigenvalue weighted by Gasteiger charge is 2.49. The summed E-state index contributed by atoms with van der Waals surface area (Å²) in [4.78, 5) is 16.4. The second-order valence-electron chi connectivity index (χ2n) is 12.1. The largest absolute Gasteiger partial charge is 0.593 e. The Balaban J connectivity index is 1.86. The molecular formula is C35H46N2O5S2. The van der Waals surface area contributed by atoms with Crippen LogP contribution in [0.5, 0.6) is 11.5 Å². The Hall–Kier alpha value is -2.85. The first-order valence-electron chi connectivity index (χ1n) is 15.3. The van der Waals surface area contributed by atoms with Gasteiger partial charge in [-0.05, 0) is 75.8 Å². The van der Waals surface area contributed by atoms with Gasteiger partial charge >= 0.3 is 5.97 Å². The van der Waals surface area contributed by atoms with E-state index in [0.29, 0.717) is 23.7 Å². The lowest BCUT2D eigenvalue weighted by Crippen LogP contribution is -2.54. The summed E-state index contributed by atoms with van der Waals surface area (Å²) in [5.74, 6) is 0.859. The van der Waals surface area contributed by atoms with Crippen LogP contribution in [0.15, 0.2) is 76.5 Å². The first-order valence-corrected chi connectivity index (χ1v) is 17.6. The van der Waals surface area contributed by atoms with E-state index in [9.17, 15) is 9.35 Å². The van der Waals surface area contributed by atoms with Gasteiger partial charge in [0.1, 0.15) is 22.8 Å². The molecule has 0 saturated carbocycles. The van der Waals surface area contributed by atoms with Crippen LogP contribution in [0.1, 0.15) is 65.9 Å². The SMILES string of the molecule is CCCCC1(CC)CN(c2ccccc2)c2cc(SC)c(OCC(=O)OC(C)(C)C)cc2[S+]([O-])N1Cc1ccc(OC)cc1. The van der Waals surface area contributed by atoms with E-state index in [1.165, 1.54) is 11.8 Å². The number of para-hydroxylation sites is 1. The van der Waals surface area contributed by atoms with Crippen LogP contribution in [0.2, 0.25) is 0 Å². The van der Waals surface area contributed by atoms with Gasteiger partial charge < -0.3 is 23.7 Å². The van der Waals surface area contributed by atoms with E-state index in [4.69, 9.17) is 14.2 Å². The van der Waals surface area contributed by atoms with Crippen molar-refractivity contribution in [2.24, 2.45) is 0 Å². The molecule has 3 aromatic rings. The summed E-state index contributed by atoms with van der Waals surface area (Å²) < 4.78 is 34.1. The molecule has 2 unspecified atom stereocenters. The third-order valence-corrected chi connectivity index (χ3v) is 10.3. The van der Waals surface area contributed by atoms with Gasteiger partial charge in [0.15, 0.2) is 6.61 Å². The fraction of sp³-hybridized carbons (Fsp3) is 0.457. The summed E-state index contributed by atoms with van der Waals surface area (Å²) in [5, 5.41) is 0. The number of hydrogen-bond acceptors (Lipinski definition) is 8. The minimum absolute atomic E-state index is 0.233. The van der Waals surface area contributed by atoms with Crippen molar-refractivity contribution in [1.29, 1.82) is 0 Å². The molecule has 0 N–H and O–H groups in total. The molecule has 0 amide bonds. The van der Waals surface area contributed by atoms with Crippen molar-refractivity contribution in [3.63, 3.8) is 0 Å². The Kier molecular flexibility index (Phi) is 11.6. The number of nitrogens with zero attached hydrogens (tertiary/aromatic N) is 2. The number of esters is 1. The predicted molar refractivity (Wildman–Crippen MR) is 181 cm³/mol. The van der Waals surface area contributed by atoms with Crippen LogP contribution in [0.25, 0.3) is 0 Å². The number of benzene rings is 3. The minimum atomic E-state index is -1.54. The zero-order valence-corrected chi connectivity index (χ0v) is 28.7. The Bertz CT molecular complexity index is 1380. The first-order chi connectivity index (χ1) is 21.0. The van der Waals surface area contributed by atoms with Crippen molar-refractivity contribution in [3.8, 4) is 11.5 Å². The van der Waals surface area contributed by atoms with E-state index in [0.717, 1.165) is 53.3 Å². The maximum Gasteiger partial charge on any atom is 0.344 e. The standard InChI is InChI=1S/C35H46N2O5S2/c1-8-10-20-35(9-2)25-36(27-14-12-11-13-15-27)29-21-31(43-7)30(41-24-33(38)42-34(3,4)5)22-32(29)44(39)37(35)23-26-16-18-28(40-6)19-17-26/h11-19,21-22H,8-10,20,23-25H2,1-7H3. The highest BCUT2D eigenvalue weighted by atomic mass is 32.2. The van der Waals surface area contributed by atoms with Crippen molar-refractivity contribution in [2.75, 3.05) is 31.4 Å². The summed E-state index contributed by atoms with van der Waals surface area (Å²) in [7, 11) is 1.66. The summed E-state index contributed by atoms with van der Waals surface area (Å²) >= 11 is -0.00433. The van der Waals surface area contributed by atoms with E-state index in [1.807, 2.05) is 75.6 Å². The van der Waals surface area contributed by atoms with Crippen LogP contribution in [-0.4, -0.2) is 52.5 Å². The minimum Gasteiger partial charge on any atom is -0.593 e. The molecule has 0 aromatic heterocycles. The van der Waals surface area contributed by atoms with Gasteiger partial charge in [0.05, 0.1) is 35.5 Å². The van der Waals surface area contributed by atoms with E-state index >= 15 is 0 Å². The number of rotatable bonds is 12. The molecule has 0 bridgehead atoms. The van der Waals surface area contributed by atoms with E-state index in [1.54, 1.807) is 7.11 Å². The number of carbonyl (C=O) groups excluding carboxylic acids is 1. The zero-order chi connectivity index (χ0) is 31.9. The Morgan fingerprint density at radius 3 is 2.36 bits per heavy atom. The third kappa shape index (κ3) is 8.05. The lowest BCUT2D eigenvalue weighted by molar-refractivity contribution is -0.157. The predicted octanol–water partition coefficient (Wildman–Crippen LogP) is 8.15. The molecular weight excluding hydrogens is 593 g/mol. The van der Waals surface area contributed by atoms with Gasteiger partial charge in [-0.3, -0.25) is 0 Å². The zero-order valence-electron chi connectivity index (χ0n) is 27.1. The second-order valence-corrected chi connectivity index (χ2v) is 14.3. The molecule has 238 valence electrons. The molecule has 3 aromatic carbocycles. The third-order valence-electron chi connectivity index (χ3n) is 7.88. The molecule has 7 nitrogen and oxygen atoms in total. The number of unbranched alkanes of at least 4 members (excludes halogenated alkanes) is 1. The molecule has 4 rings (SSSR count). The number of hydrogen-bond donors (Lipinski definition) is 0. The van der Waals surface area contributed by atoms with Crippen molar-refractivity contribution < 1.29 is 23.6 Å². The molecule has 1 aliphatic rings. The number of anilines is 2. The van der Waals surface area contributed by atoms with Gasteiger partial charge in [0.2, 0.25) is 4.90 Å². The molecule has 1 aliphatic heterocycles. The number of fused-ring (bicyclic) bond motifs is 1. The van der Waals surface area contributed by atoms with E-state index in [-0.39, 0.29) is 12.1 Å². The average molecular weight is 639 g/mol. The normalized spacial score (nSPS) is 18.8. The second kappa shape index (κ2) is 15.0. The molecule has 0 spiro atoms. The van der Waals surface area contributed by atoms with Crippen LogP contribution in [0.3, 0.4) is 0 Å². The lowest BCUT2D eigenvalue weighted by Gasteiger charge is -2.42. The van der Waals surface area contributed by atoms with Crippen LogP contribution in [0.4, 0.5) is 11.4 Å². The number of thioether (sulfide) groups is 1. The quantitative estimate of drug-likeness (QED) is 0.112. The number of methoxy groups -OCH3 is 1. The van der Waals surface area contributed by atoms with Gasteiger partial charge in [0.25, 0.3) is 0 Å². The average Bonchev–Trinajstić information content (AvgIpc) is 3.11. The molecule has 2 atom stereocenters. The van der Waals surface area contributed by atoms with Crippen LogP contribution in [-0.2, 0) is 27.4 Å². The topological polar surface area (TPSA) is 74.3 Å². The van der Waals surface area contributed by atoms with Gasteiger partial charge in [0, 0.05) is 18.3 Å². The summed E-state index contributed by atoms with van der Waals surface area (Å²) in [5.41, 5.74) is 1.99. The van der Waals surface area contributed by atoms with E-state index in [2.05, 4.69) is 41.3 Å². The molecule has 0 aliphatic carbocycles. The maximum absolute atomic E-state index is 15.0. The van der Waals surface area contributed by atoms with Gasteiger partial charge in [-0.25, -0.2) is 4.79 Å². The molecule has 0 radical (unpaired) electrons. The van der Waals surface area contributed by atoms with Crippen molar-refractivity contribution >= 4 is 40.5 Å². The fourth-order valence-corrected chi connectivity index (χ4v) is 7.79. The Labute approximate surface area is 270 Å². The Morgan fingerprint density at radius 1 is 1.07 bits per heavy atom. The molecule has 0 saturated heterocycles. The van der Waals surface area contributed by atoms with E-state index < -0.39 is 22.9 Å². The molecule has 0 fully saturated rings. The molecule has 9 heteroatoms. The first kappa shape index (κ1) is 34.0. The van der Waals surface area contributed by atoms with Crippen molar-refractivity contribution in [1.82, 2.24) is 4.31 Å². The lowest BCUT2D eigenvalue weighted by atomic mass is 9.88. The summed E-state index contributed by atoms with van der Waals surface area (Å²) in [6.45, 7) is 10.9. The fourth-order valence-electron chi connectivity index (χ4n) is 5.55.